The van der Waals surface area contributed by atoms with Crippen LogP contribution in [0.3, 0.4) is 0 Å². The summed E-state index contributed by atoms with van der Waals surface area (Å²) in [5, 5.41) is 3.43. The molecule has 6 heteroatoms. The van der Waals surface area contributed by atoms with Gasteiger partial charge in [-0.05, 0) is 62.2 Å². The molecule has 0 aromatic heterocycles. The van der Waals surface area contributed by atoms with Crippen LogP contribution >= 0.6 is 11.6 Å². The molecule has 0 heterocycles. The van der Waals surface area contributed by atoms with E-state index in [1.165, 1.54) is 0 Å². The summed E-state index contributed by atoms with van der Waals surface area (Å²) in [4.78, 5) is 24.1. The summed E-state index contributed by atoms with van der Waals surface area (Å²) in [6.45, 7) is 5.48. The van der Waals surface area contributed by atoms with E-state index in [1.807, 2.05) is 32.0 Å². The second kappa shape index (κ2) is 11.3. The largest absolute Gasteiger partial charge is 0.490 e. The highest BCUT2D eigenvalue weighted by molar-refractivity contribution is 6.30. The molecule has 0 unspecified atom stereocenters. The highest BCUT2D eigenvalue weighted by atomic mass is 35.5. The number of hydrogen-bond acceptors (Lipinski definition) is 4. The minimum Gasteiger partial charge on any atom is -0.490 e. The van der Waals surface area contributed by atoms with Crippen molar-refractivity contribution in [2.45, 2.75) is 33.1 Å². The van der Waals surface area contributed by atoms with Gasteiger partial charge in [-0.15, -0.1) is 0 Å². The molecule has 0 radical (unpaired) electrons. The lowest BCUT2D eigenvalue weighted by Crippen LogP contribution is -2.26. The van der Waals surface area contributed by atoms with Crippen molar-refractivity contribution in [1.29, 1.82) is 0 Å². The Hall–Kier alpha value is -2.53. The maximum atomic E-state index is 12.1. The van der Waals surface area contributed by atoms with Gasteiger partial charge in [-0.2, -0.15) is 0 Å². The molecule has 1 amide bonds. The minimum absolute atomic E-state index is 0.0697. The van der Waals surface area contributed by atoms with Crippen LogP contribution in [0.2, 0.25) is 5.02 Å². The number of benzene rings is 2. The highest BCUT2D eigenvalue weighted by Crippen LogP contribution is 2.28. The Bertz CT molecular complexity index is 790. The average molecular weight is 404 g/mol. The summed E-state index contributed by atoms with van der Waals surface area (Å²) in [6.07, 6.45) is 1.00. The third kappa shape index (κ3) is 6.89. The van der Waals surface area contributed by atoms with Crippen molar-refractivity contribution < 1.29 is 19.1 Å². The van der Waals surface area contributed by atoms with Gasteiger partial charge in [-0.3, -0.25) is 9.59 Å². The molecular formula is C22H26ClNO4. The highest BCUT2D eigenvalue weighted by Gasteiger charge is 2.10. The molecular weight excluding hydrogens is 378 g/mol. The molecule has 0 saturated heterocycles. The van der Waals surface area contributed by atoms with Gasteiger partial charge in [0.25, 0.3) is 0 Å². The van der Waals surface area contributed by atoms with Crippen LogP contribution in [-0.4, -0.2) is 31.4 Å². The minimum atomic E-state index is -0.140. The lowest BCUT2D eigenvalue weighted by atomic mass is 10.1. The summed E-state index contributed by atoms with van der Waals surface area (Å²) in [6, 6.07) is 12.5. The number of hydrogen-bond donors (Lipinski definition) is 1. The van der Waals surface area contributed by atoms with Gasteiger partial charge in [0.05, 0.1) is 13.2 Å². The van der Waals surface area contributed by atoms with E-state index in [4.69, 9.17) is 21.1 Å². The number of nitrogens with one attached hydrogen (secondary N) is 1. The molecule has 0 saturated carbocycles. The molecule has 0 spiro atoms. The van der Waals surface area contributed by atoms with Gasteiger partial charge in [-0.1, -0.05) is 17.7 Å². The third-order valence-corrected chi connectivity index (χ3v) is 4.34. The molecule has 0 atom stereocenters. The first-order valence-corrected chi connectivity index (χ1v) is 9.85. The van der Waals surface area contributed by atoms with E-state index >= 15 is 0 Å². The van der Waals surface area contributed by atoms with Crippen LogP contribution in [0.4, 0.5) is 0 Å². The second-order valence-electron chi connectivity index (χ2n) is 6.18. The first-order chi connectivity index (χ1) is 13.5. The zero-order chi connectivity index (χ0) is 20.4. The average Bonchev–Trinajstić information content (AvgIpc) is 2.69. The molecule has 0 aliphatic rings. The molecule has 0 fully saturated rings. The Balaban J connectivity index is 1.77. The van der Waals surface area contributed by atoms with Gasteiger partial charge in [0, 0.05) is 30.0 Å². The molecule has 0 aliphatic heterocycles. The van der Waals surface area contributed by atoms with Crippen molar-refractivity contribution >= 4 is 23.3 Å². The van der Waals surface area contributed by atoms with Crippen molar-refractivity contribution in [2.24, 2.45) is 0 Å². The first-order valence-electron chi connectivity index (χ1n) is 9.47. The fraction of sp³-hybridized carbons (Fsp3) is 0.364. The molecule has 2 aromatic carbocycles. The monoisotopic (exact) mass is 403 g/mol. The number of Topliss-reactive ketones (excluding diaryl/α,β-unsaturated/α-hetero) is 1. The van der Waals surface area contributed by atoms with E-state index < -0.39 is 0 Å². The molecule has 0 bridgehead atoms. The standard InChI is InChI=1S/C22H26ClNO4/c1-3-27-20-11-5-16(15-21(20)28-4-2)13-14-24-22(26)12-10-19(25)17-6-8-18(23)9-7-17/h5-9,11,15H,3-4,10,12-14H2,1-2H3,(H,24,26). The molecule has 5 nitrogen and oxygen atoms in total. The van der Waals surface area contributed by atoms with E-state index in [0.717, 1.165) is 11.3 Å². The quantitative estimate of drug-likeness (QED) is 0.562. The van der Waals surface area contributed by atoms with Crippen molar-refractivity contribution in [3.05, 3.63) is 58.6 Å². The summed E-state index contributed by atoms with van der Waals surface area (Å²) in [5.74, 6) is 1.22. The number of halogens is 1. The molecule has 28 heavy (non-hydrogen) atoms. The van der Waals surface area contributed by atoms with Gasteiger partial charge in [0.15, 0.2) is 17.3 Å². The lowest BCUT2D eigenvalue weighted by molar-refractivity contribution is -0.121. The van der Waals surface area contributed by atoms with Crippen molar-refractivity contribution in [2.75, 3.05) is 19.8 Å². The Morgan fingerprint density at radius 2 is 1.61 bits per heavy atom. The fourth-order valence-corrected chi connectivity index (χ4v) is 2.82. The summed E-state index contributed by atoms with van der Waals surface area (Å²) in [5.41, 5.74) is 1.61. The van der Waals surface area contributed by atoms with Crippen molar-refractivity contribution in [1.82, 2.24) is 5.32 Å². The maximum Gasteiger partial charge on any atom is 0.220 e. The van der Waals surface area contributed by atoms with E-state index in [-0.39, 0.29) is 24.5 Å². The third-order valence-electron chi connectivity index (χ3n) is 4.09. The number of amides is 1. The van der Waals surface area contributed by atoms with Crippen molar-refractivity contribution in [3.63, 3.8) is 0 Å². The molecule has 2 aromatic rings. The van der Waals surface area contributed by atoms with Gasteiger partial charge in [0.2, 0.25) is 5.91 Å². The van der Waals surface area contributed by atoms with Gasteiger partial charge in [0.1, 0.15) is 0 Å². The van der Waals surface area contributed by atoms with Crippen LogP contribution in [-0.2, 0) is 11.2 Å². The predicted molar refractivity (Wildman–Crippen MR) is 111 cm³/mol. The number of carbonyl (C=O) groups is 2. The Kier molecular flexibility index (Phi) is 8.82. The number of ketones is 1. The topological polar surface area (TPSA) is 64.6 Å². The van der Waals surface area contributed by atoms with E-state index in [2.05, 4.69) is 5.32 Å². The predicted octanol–water partition coefficient (Wildman–Crippen LogP) is 4.46. The number of ether oxygens (including phenoxy) is 2. The molecule has 0 aliphatic carbocycles. The van der Waals surface area contributed by atoms with Crippen LogP contribution < -0.4 is 14.8 Å². The van der Waals surface area contributed by atoms with Gasteiger partial charge >= 0.3 is 0 Å². The summed E-state index contributed by atoms with van der Waals surface area (Å²) < 4.78 is 11.2. The zero-order valence-electron chi connectivity index (χ0n) is 16.3. The van der Waals surface area contributed by atoms with Gasteiger partial charge < -0.3 is 14.8 Å². The summed E-state index contributed by atoms with van der Waals surface area (Å²) >= 11 is 5.81. The van der Waals surface area contributed by atoms with Crippen LogP contribution in [0.25, 0.3) is 0 Å². The molecule has 1 N–H and O–H groups in total. The Morgan fingerprint density at radius 1 is 0.929 bits per heavy atom. The Labute approximate surface area is 171 Å². The van der Waals surface area contributed by atoms with Gasteiger partial charge in [-0.25, -0.2) is 0 Å². The number of carbonyl (C=O) groups excluding carboxylic acids is 2. The van der Waals surface area contributed by atoms with Crippen molar-refractivity contribution in [3.8, 4) is 11.5 Å². The lowest BCUT2D eigenvalue weighted by Gasteiger charge is -2.12. The first kappa shape index (κ1) is 21.8. The van der Waals surface area contributed by atoms with E-state index in [1.54, 1.807) is 24.3 Å². The van der Waals surface area contributed by atoms with Crippen LogP contribution in [0.1, 0.15) is 42.6 Å². The second-order valence-corrected chi connectivity index (χ2v) is 6.61. The van der Waals surface area contributed by atoms with Crippen LogP contribution in [0.15, 0.2) is 42.5 Å². The smallest absolute Gasteiger partial charge is 0.220 e. The summed E-state index contributed by atoms with van der Waals surface area (Å²) in [7, 11) is 0. The Morgan fingerprint density at radius 3 is 2.29 bits per heavy atom. The molecule has 2 rings (SSSR count). The number of rotatable bonds is 11. The normalized spacial score (nSPS) is 10.4. The van der Waals surface area contributed by atoms with E-state index in [0.29, 0.717) is 42.5 Å². The molecule has 150 valence electrons. The maximum absolute atomic E-state index is 12.1. The van der Waals surface area contributed by atoms with E-state index in [9.17, 15) is 9.59 Å². The van der Waals surface area contributed by atoms with Crippen LogP contribution in [0.5, 0.6) is 11.5 Å². The van der Waals surface area contributed by atoms with Crippen LogP contribution in [0, 0.1) is 0 Å². The fourth-order valence-electron chi connectivity index (χ4n) is 2.69. The zero-order valence-corrected chi connectivity index (χ0v) is 17.1. The SMILES string of the molecule is CCOc1ccc(CCNC(=O)CCC(=O)c2ccc(Cl)cc2)cc1OCC.